The summed E-state index contributed by atoms with van der Waals surface area (Å²) in [6.45, 7) is 1.55. The van der Waals surface area contributed by atoms with Crippen molar-refractivity contribution in [3.8, 4) is 0 Å². The Bertz CT molecular complexity index is 333. The fraction of sp³-hybridized carbons (Fsp3) is 0.455. The van der Waals surface area contributed by atoms with Gasteiger partial charge in [-0.1, -0.05) is 18.2 Å². The van der Waals surface area contributed by atoms with Crippen LogP contribution in [0, 0.1) is 0 Å². The Kier molecular flexibility index (Phi) is 4.57. The lowest BCUT2D eigenvalue weighted by atomic mass is 10.1. The maximum absolute atomic E-state index is 11.2. The first-order valence-corrected chi connectivity index (χ1v) is 5.11. The highest BCUT2D eigenvalue weighted by molar-refractivity contribution is 5.79. The van der Waals surface area contributed by atoms with E-state index in [1.807, 2.05) is 18.2 Å². The summed E-state index contributed by atoms with van der Waals surface area (Å²) in [5.41, 5.74) is 0.935. The number of allylic oxidation sites excluding steroid dienone is 2. The standard InChI is InChI=1S/C11H15NO4/c1-8(10(13)14)12-11(15)16-7-9-5-3-2-4-6-9/h3,5-6,8H,2,4,7H2,1H3,(H,12,15)(H,13,14). The van der Waals surface area contributed by atoms with Crippen molar-refractivity contribution in [2.45, 2.75) is 25.8 Å². The van der Waals surface area contributed by atoms with Gasteiger partial charge >= 0.3 is 12.1 Å². The molecule has 0 fully saturated rings. The topological polar surface area (TPSA) is 75.6 Å². The van der Waals surface area contributed by atoms with Gasteiger partial charge in [0.1, 0.15) is 12.6 Å². The van der Waals surface area contributed by atoms with Crippen molar-refractivity contribution in [2.75, 3.05) is 6.61 Å². The van der Waals surface area contributed by atoms with E-state index in [2.05, 4.69) is 5.32 Å². The molecular formula is C11H15NO4. The molecule has 0 aromatic heterocycles. The van der Waals surface area contributed by atoms with Crippen LogP contribution in [-0.2, 0) is 9.53 Å². The van der Waals surface area contributed by atoms with Crippen molar-refractivity contribution in [3.05, 3.63) is 23.8 Å². The van der Waals surface area contributed by atoms with Crippen LogP contribution in [0.25, 0.3) is 0 Å². The smallest absolute Gasteiger partial charge is 0.408 e. The highest BCUT2D eigenvalue weighted by atomic mass is 16.5. The Morgan fingerprint density at radius 3 is 2.88 bits per heavy atom. The van der Waals surface area contributed by atoms with Crippen molar-refractivity contribution in [2.24, 2.45) is 0 Å². The van der Waals surface area contributed by atoms with E-state index < -0.39 is 18.1 Å². The molecule has 0 saturated heterocycles. The van der Waals surface area contributed by atoms with Crippen molar-refractivity contribution in [1.29, 1.82) is 0 Å². The molecule has 0 bridgehead atoms. The SMILES string of the molecule is CC(NC(=O)OCC1=CCCC=C1)C(=O)O. The molecule has 0 aliphatic heterocycles. The second kappa shape index (κ2) is 5.95. The third-order valence-electron chi connectivity index (χ3n) is 2.15. The van der Waals surface area contributed by atoms with Crippen molar-refractivity contribution < 1.29 is 19.4 Å². The predicted octanol–water partition coefficient (Wildman–Crippen LogP) is 1.46. The Labute approximate surface area is 93.8 Å². The van der Waals surface area contributed by atoms with Crippen LogP contribution in [0.15, 0.2) is 23.8 Å². The highest BCUT2D eigenvalue weighted by Crippen LogP contribution is 2.09. The summed E-state index contributed by atoms with van der Waals surface area (Å²) in [5, 5.41) is 10.8. The number of ether oxygens (including phenoxy) is 1. The van der Waals surface area contributed by atoms with E-state index in [1.165, 1.54) is 6.92 Å². The molecule has 16 heavy (non-hydrogen) atoms. The lowest BCUT2D eigenvalue weighted by Gasteiger charge is -2.11. The molecule has 2 N–H and O–H groups in total. The third kappa shape index (κ3) is 4.16. The number of aliphatic carboxylic acids is 1. The van der Waals surface area contributed by atoms with Gasteiger partial charge in [0.2, 0.25) is 0 Å². The highest BCUT2D eigenvalue weighted by Gasteiger charge is 2.14. The normalized spacial score (nSPS) is 16.2. The lowest BCUT2D eigenvalue weighted by molar-refractivity contribution is -0.138. The molecule has 5 heteroatoms. The first-order chi connectivity index (χ1) is 7.59. The van der Waals surface area contributed by atoms with Gasteiger partial charge < -0.3 is 15.2 Å². The van der Waals surface area contributed by atoms with E-state index in [-0.39, 0.29) is 6.61 Å². The molecule has 0 aromatic carbocycles. The largest absolute Gasteiger partial charge is 0.480 e. The number of amides is 1. The third-order valence-corrected chi connectivity index (χ3v) is 2.15. The summed E-state index contributed by atoms with van der Waals surface area (Å²) in [7, 11) is 0. The molecule has 88 valence electrons. The van der Waals surface area contributed by atoms with Crippen LogP contribution in [0.1, 0.15) is 19.8 Å². The van der Waals surface area contributed by atoms with E-state index in [0.29, 0.717) is 0 Å². The number of carbonyl (C=O) groups is 2. The van der Waals surface area contributed by atoms with Gasteiger partial charge in [-0.15, -0.1) is 0 Å². The minimum Gasteiger partial charge on any atom is -0.480 e. The predicted molar refractivity (Wildman–Crippen MR) is 58.0 cm³/mol. The molecule has 1 atom stereocenters. The van der Waals surface area contributed by atoms with E-state index in [1.54, 1.807) is 0 Å². The number of nitrogens with one attached hydrogen (secondary N) is 1. The maximum atomic E-state index is 11.2. The zero-order valence-electron chi connectivity index (χ0n) is 9.10. The molecule has 1 rings (SSSR count). The van der Waals surface area contributed by atoms with Crippen LogP contribution in [0.2, 0.25) is 0 Å². The lowest BCUT2D eigenvalue weighted by Crippen LogP contribution is -2.38. The van der Waals surface area contributed by atoms with Crippen LogP contribution in [0.3, 0.4) is 0 Å². The summed E-state index contributed by atoms with van der Waals surface area (Å²) in [6, 6.07) is -0.941. The molecule has 0 saturated carbocycles. The van der Waals surface area contributed by atoms with Crippen molar-refractivity contribution in [1.82, 2.24) is 5.32 Å². The van der Waals surface area contributed by atoms with Gasteiger partial charge in [-0.3, -0.25) is 4.79 Å². The monoisotopic (exact) mass is 225 g/mol. The minimum atomic E-state index is -1.09. The van der Waals surface area contributed by atoms with Gasteiger partial charge in [0.15, 0.2) is 0 Å². The molecule has 0 radical (unpaired) electrons. The van der Waals surface area contributed by atoms with Gasteiger partial charge in [0.25, 0.3) is 0 Å². The molecule has 0 aromatic rings. The fourth-order valence-electron chi connectivity index (χ4n) is 1.20. The number of carboxylic acids is 1. The van der Waals surface area contributed by atoms with Gasteiger partial charge in [-0.2, -0.15) is 0 Å². The maximum Gasteiger partial charge on any atom is 0.408 e. The number of carboxylic acid groups (broad SMARTS) is 1. The van der Waals surface area contributed by atoms with Gasteiger partial charge in [0.05, 0.1) is 0 Å². The first-order valence-electron chi connectivity index (χ1n) is 5.11. The quantitative estimate of drug-likeness (QED) is 0.759. The molecule has 1 unspecified atom stereocenters. The molecule has 1 aliphatic carbocycles. The van der Waals surface area contributed by atoms with Crippen LogP contribution in [-0.4, -0.2) is 29.8 Å². The summed E-state index contributed by atoms with van der Waals surface area (Å²) in [4.78, 5) is 21.6. The molecule has 5 nitrogen and oxygen atoms in total. The minimum absolute atomic E-state index is 0.175. The van der Waals surface area contributed by atoms with Gasteiger partial charge in [-0.05, 0) is 25.3 Å². The number of alkyl carbamates (subject to hydrolysis) is 1. The zero-order chi connectivity index (χ0) is 12.0. The summed E-state index contributed by atoms with van der Waals surface area (Å²) < 4.78 is 4.87. The Balaban J connectivity index is 2.27. The second-order valence-electron chi connectivity index (χ2n) is 3.54. The van der Waals surface area contributed by atoms with Crippen molar-refractivity contribution in [3.63, 3.8) is 0 Å². The summed E-state index contributed by atoms with van der Waals surface area (Å²) in [6.07, 6.45) is 7.14. The number of carbonyl (C=O) groups excluding carboxylic acids is 1. The van der Waals surface area contributed by atoms with Crippen LogP contribution >= 0.6 is 0 Å². The molecule has 0 heterocycles. The average molecular weight is 225 g/mol. The fourth-order valence-corrected chi connectivity index (χ4v) is 1.20. The average Bonchev–Trinajstić information content (AvgIpc) is 2.27. The van der Waals surface area contributed by atoms with E-state index in [0.717, 1.165) is 18.4 Å². The molecule has 1 aliphatic rings. The Morgan fingerprint density at radius 1 is 1.56 bits per heavy atom. The van der Waals surface area contributed by atoms with Crippen molar-refractivity contribution >= 4 is 12.1 Å². The zero-order valence-corrected chi connectivity index (χ0v) is 9.10. The first kappa shape index (κ1) is 12.3. The molecular weight excluding hydrogens is 210 g/mol. The number of hydrogen-bond donors (Lipinski definition) is 2. The second-order valence-corrected chi connectivity index (χ2v) is 3.54. The van der Waals surface area contributed by atoms with Gasteiger partial charge in [-0.25, -0.2) is 4.79 Å². The summed E-state index contributed by atoms with van der Waals surface area (Å²) in [5.74, 6) is -1.09. The van der Waals surface area contributed by atoms with Crippen LogP contribution < -0.4 is 5.32 Å². The Morgan fingerprint density at radius 2 is 2.31 bits per heavy atom. The van der Waals surface area contributed by atoms with E-state index >= 15 is 0 Å². The molecule has 1 amide bonds. The number of hydrogen-bond acceptors (Lipinski definition) is 3. The van der Waals surface area contributed by atoms with E-state index in [4.69, 9.17) is 9.84 Å². The Hall–Kier alpha value is -1.78. The van der Waals surface area contributed by atoms with Crippen LogP contribution in [0.5, 0.6) is 0 Å². The van der Waals surface area contributed by atoms with Gasteiger partial charge in [0, 0.05) is 0 Å². The van der Waals surface area contributed by atoms with E-state index in [9.17, 15) is 9.59 Å². The molecule has 0 spiro atoms. The van der Waals surface area contributed by atoms with Crippen LogP contribution in [0.4, 0.5) is 4.79 Å². The number of rotatable bonds is 4. The summed E-state index contributed by atoms with van der Waals surface area (Å²) >= 11 is 0.